The third-order valence-electron chi connectivity index (χ3n) is 2.45. The predicted molar refractivity (Wildman–Crippen MR) is 64.0 cm³/mol. The first kappa shape index (κ1) is 12.8. The van der Waals surface area contributed by atoms with Gasteiger partial charge in [-0.3, -0.25) is 0 Å². The van der Waals surface area contributed by atoms with Gasteiger partial charge in [0.15, 0.2) is 11.5 Å². The first-order valence-corrected chi connectivity index (χ1v) is 5.66. The third-order valence-corrected chi connectivity index (χ3v) is 2.45. The molecule has 0 saturated heterocycles. The van der Waals surface area contributed by atoms with Crippen LogP contribution in [0.25, 0.3) is 0 Å². The molecule has 0 fully saturated rings. The Labute approximate surface area is 97.0 Å². The third kappa shape index (κ3) is 3.74. The number of ether oxygens (including phenoxy) is 2. The second kappa shape index (κ2) is 5.75. The highest BCUT2D eigenvalue weighted by Gasteiger charge is 2.19. The Bertz CT molecular complexity index is 321. The fraction of sp³-hybridized carbons (Fsp3) is 0.538. The molecular weight excluding hydrogens is 204 g/mol. The Hall–Kier alpha value is -1.22. The van der Waals surface area contributed by atoms with Crippen LogP contribution in [0, 0.1) is 0 Å². The minimum Gasteiger partial charge on any atom is -0.490 e. The summed E-state index contributed by atoms with van der Waals surface area (Å²) in [7, 11) is 0. The average molecular weight is 224 g/mol. The molecule has 1 N–H and O–H groups in total. The lowest BCUT2D eigenvalue weighted by atomic mass is 10.1. The van der Waals surface area contributed by atoms with Crippen molar-refractivity contribution < 1.29 is 14.6 Å². The van der Waals surface area contributed by atoms with E-state index in [1.165, 1.54) is 0 Å². The molecule has 16 heavy (non-hydrogen) atoms. The number of hydrogen-bond acceptors (Lipinski definition) is 3. The van der Waals surface area contributed by atoms with Gasteiger partial charge in [-0.2, -0.15) is 0 Å². The SMILES string of the molecule is CCOc1ccccc1OCC(C)(O)CC. The summed E-state index contributed by atoms with van der Waals surface area (Å²) in [5.74, 6) is 1.40. The second-order valence-electron chi connectivity index (χ2n) is 4.02. The second-order valence-corrected chi connectivity index (χ2v) is 4.02. The number of aliphatic hydroxyl groups is 1. The van der Waals surface area contributed by atoms with Gasteiger partial charge in [0.25, 0.3) is 0 Å². The van der Waals surface area contributed by atoms with E-state index in [-0.39, 0.29) is 6.61 Å². The Balaban J connectivity index is 2.66. The van der Waals surface area contributed by atoms with Crippen molar-refractivity contribution in [3.05, 3.63) is 24.3 Å². The molecule has 0 heterocycles. The zero-order valence-electron chi connectivity index (χ0n) is 10.2. The van der Waals surface area contributed by atoms with Gasteiger partial charge in [0.1, 0.15) is 6.61 Å². The van der Waals surface area contributed by atoms with E-state index in [9.17, 15) is 5.11 Å². The molecule has 3 nitrogen and oxygen atoms in total. The van der Waals surface area contributed by atoms with Crippen molar-refractivity contribution in [2.75, 3.05) is 13.2 Å². The molecule has 0 bridgehead atoms. The van der Waals surface area contributed by atoms with Crippen molar-refractivity contribution in [3.8, 4) is 11.5 Å². The maximum absolute atomic E-state index is 9.84. The average Bonchev–Trinajstić information content (AvgIpc) is 2.28. The van der Waals surface area contributed by atoms with Crippen LogP contribution in [0.15, 0.2) is 24.3 Å². The summed E-state index contributed by atoms with van der Waals surface area (Å²) in [6, 6.07) is 7.49. The van der Waals surface area contributed by atoms with Crippen molar-refractivity contribution in [1.29, 1.82) is 0 Å². The molecule has 0 amide bonds. The molecule has 0 aliphatic carbocycles. The maximum atomic E-state index is 9.84. The van der Waals surface area contributed by atoms with Gasteiger partial charge in [0.05, 0.1) is 12.2 Å². The standard InChI is InChI=1S/C13H20O3/c1-4-13(3,14)10-16-12-9-7-6-8-11(12)15-5-2/h6-9,14H,4-5,10H2,1-3H3. The van der Waals surface area contributed by atoms with E-state index >= 15 is 0 Å². The van der Waals surface area contributed by atoms with Gasteiger partial charge in [0.2, 0.25) is 0 Å². The van der Waals surface area contributed by atoms with E-state index in [0.29, 0.717) is 18.8 Å². The number of rotatable bonds is 6. The van der Waals surface area contributed by atoms with Crippen LogP contribution in [-0.4, -0.2) is 23.9 Å². The molecule has 0 aromatic heterocycles. The minimum atomic E-state index is -0.792. The Kier molecular flexibility index (Phi) is 4.62. The van der Waals surface area contributed by atoms with Crippen LogP contribution in [0.2, 0.25) is 0 Å². The molecule has 1 atom stereocenters. The van der Waals surface area contributed by atoms with E-state index in [4.69, 9.17) is 9.47 Å². The van der Waals surface area contributed by atoms with Gasteiger partial charge in [-0.1, -0.05) is 19.1 Å². The van der Waals surface area contributed by atoms with Crippen LogP contribution in [0.3, 0.4) is 0 Å². The predicted octanol–water partition coefficient (Wildman–Crippen LogP) is 2.63. The topological polar surface area (TPSA) is 38.7 Å². The number of para-hydroxylation sites is 2. The van der Waals surface area contributed by atoms with E-state index in [1.807, 2.05) is 38.1 Å². The van der Waals surface area contributed by atoms with Crippen LogP contribution in [0.1, 0.15) is 27.2 Å². The molecule has 1 aromatic carbocycles. The monoisotopic (exact) mass is 224 g/mol. The summed E-state index contributed by atoms with van der Waals surface area (Å²) in [6.45, 7) is 6.49. The number of benzene rings is 1. The van der Waals surface area contributed by atoms with Crippen molar-refractivity contribution >= 4 is 0 Å². The Morgan fingerprint density at radius 3 is 2.19 bits per heavy atom. The summed E-state index contributed by atoms with van der Waals surface area (Å²) >= 11 is 0. The van der Waals surface area contributed by atoms with Gasteiger partial charge in [-0.15, -0.1) is 0 Å². The smallest absolute Gasteiger partial charge is 0.161 e. The zero-order chi connectivity index (χ0) is 12.0. The molecule has 3 heteroatoms. The normalized spacial score (nSPS) is 14.2. The highest BCUT2D eigenvalue weighted by Crippen LogP contribution is 2.27. The molecule has 0 radical (unpaired) electrons. The van der Waals surface area contributed by atoms with E-state index in [2.05, 4.69) is 0 Å². The highest BCUT2D eigenvalue weighted by atomic mass is 16.5. The van der Waals surface area contributed by atoms with E-state index in [0.717, 1.165) is 5.75 Å². The first-order valence-electron chi connectivity index (χ1n) is 5.66. The molecule has 1 rings (SSSR count). The van der Waals surface area contributed by atoms with Crippen LogP contribution in [-0.2, 0) is 0 Å². The molecule has 0 saturated carbocycles. The van der Waals surface area contributed by atoms with E-state index in [1.54, 1.807) is 6.92 Å². The summed E-state index contributed by atoms with van der Waals surface area (Å²) in [5, 5.41) is 9.84. The summed E-state index contributed by atoms with van der Waals surface area (Å²) < 4.78 is 11.0. The minimum absolute atomic E-state index is 0.271. The lowest BCUT2D eigenvalue weighted by Gasteiger charge is -2.22. The van der Waals surface area contributed by atoms with Crippen molar-refractivity contribution in [3.63, 3.8) is 0 Å². The number of hydrogen-bond donors (Lipinski definition) is 1. The largest absolute Gasteiger partial charge is 0.490 e. The van der Waals surface area contributed by atoms with Gasteiger partial charge in [0, 0.05) is 0 Å². The van der Waals surface area contributed by atoms with Crippen LogP contribution in [0.4, 0.5) is 0 Å². The molecule has 0 spiro atoms. The van der Waals surface area contributed by atoms with Crippen LogP contribution < -0.4 is 9.47 Å². The zero-order valence-corrected chi connectivity index (χ0v) is 10.2. The Morgan fingerprint density at radius 1 is 1.12 bits per heavy atom. The van der Waals surface area contributed by atoms with Crippen LogP contribution in [0.5, 0.6) is 11.5 Å². The Morgan fingerprint density at radius 2 is 1.69 bits per heavy atom. The first-order chi connectivity index (χ1) is 7.59. The van der Waals surface area contributed by atoms with Gasteiger partial charge in [-0.05, 0) is 32.4 Å². The molecule has 90 valence electrons. The molecule has 0 aliphatic heterocycles. The molecular formula is C13H20O3. The van der Waals surface area contributed by atoms with Crippen molar-refractivity contribution in [1.82, 2.24) is 0 Å². The highest BCUT2D eigenvalue weighted by molar-refractivity contribution is 5.39. The van der Waals surface area contributed by atoms with E-state index < -0.39 is 5.60 Å². The fourth-order valence-electron chi connectivity index (χ4n) is 1.18. The maximum Gasteiger partial charge on any atom is 0.161 e. The van der Waals surface area contributed by atoms with Gasteiger partial charge >= 0.3 is 0 Å². The molecule has 1 unspecified atom stereocenters. The lowest BCUT2D eigenvalue weighted by Crippen LogP contribution is -2.31. The molecule has 0 aliphatic rings. The summed E-state index contributed by atoms with van der Waals surface area (Å²) in [5.41, 5.74) is -0.792. The van der Waals surface area contributed by atoms with Crippen LogP contribution >= 0.6 is 0 Å². The van der Waals surface area contributed by atoms with Gasteiger partial charge in [-0.25, -0.2) is 0 Å². The fourth-order valence-corrected chi connectivity index (χ4v) is 1.18. The van der Waals surface area contributed by atoms with Crippen molar-refractivity contribution in [2.45, 2.75) is 32.8 Å². The van der Waals surface area contributed by atoms with Crippen molar-refractivity contribution in [2.24, 2.45) is 0 Å². The molecule has 1 aromatic rings. The van der Waals surface area contributed by atoms with Gasteiger partial charge < -0.3 is 14.6 Å². The summed E-state index contributed by atoms with van der Waals surface area (Å²) in [6.07, 6.45) is 0.657. The summed E-state index contributed by atoms with van der Waals surface area (Å²) in [4.78, 5) is 0. The lowest BCUT2D eigenvalue weighted by molar-refractivity contribution is 0.00762. The quantitative estimate of drug-likeness (QED) is 0.807.